The molecule has 0 saturated heterocycles. The first-order valence-corrected chi connectivity index (χ1v) is 14.5. The lowest BCUT2D eigenvalue weighted by molar-refractivity contribution is 0.270. The molecule has 2 unspecified atom stereocenters. The van der Waals surface area contributed by atoms with E-state index in [0.717, 1.165) is 39.0 Å². The van der Waals surface area contributed by atoms with Crippen molar-refractivity contribution in [2.75, 3.05) is 0 Å². The molecule has 0 spiro atoms. The molecule has 0 fully saturated rings. The predicted molar refractivity (Wildman–Crippen MR) is 180 cm³/mol. The average molecular weight is 572 g/mol. The summed E-state index contributed by atoms with van der Waals surface area (Å²) in [6.07, 6.45) is 15.7. The second kappa shape index (κ2) is 11.8. The summed E-state index contributed by atoms with van der Waals surface area (Å²) in [6, 6.07) is 31.6. The molecule has 7 rings (SSSR count). The van der Waals surface area contributed by atoms with Crippen LogP contribution >= 0.6 is 0 Å². The van der Waals surface area contributed by atoms with E-state index in [1.807, 2.05) is 91.0 Å². The molecule has 2 aliphatic rings. The molecule has 5 heteroatoms. The molecule has 0 saturated carbocycles. The van der Waals surface area contributed by atoms with Crippen LogP contribution < -0.4 is 4.74 Å². The van der Waals surface area contributed by atoms with Crippen molar-refractivity contribution in [2.45, 2.75) is 12.0 Å². The summed E-state index contributed by atoms with van der Waals surface area (Å²) in [7, 11) is 0. The zero-order chi connectivity index (χ0) is 29.9. The van der Waals surface area contributed by atoms with E-state index in [2.05, 4.69) is 54.1 Å². The molecule has 4 aromatic carbocycles. The summed E-state index contributed by atoms with van der Waals surface area (Å²) < 4.78 is 12.9. The molecule has 212 valence electrons. The number of nitrogens with zero attached hydrogens (tertiary/aromatic N) is 2. The Morgan fingerprint density at radius 2 is 1.52 bits per heavy atom. The highest BCUT2D eigenvalue weighted by molar-refractivity contribution is 6.16. The molecule has 1 aliphatic carbocycles. The fraction of sp³-hybridized carbons (Fsp3) is 0.0513. The van der Waals surface area contributed by atoms with Crippen molar-refractivity contribution in [2.24, 2.45) is 9.98 Å². The number of para-hydroxylation sites is 1. The van der Waals surface area contributed by atoms with Crippen molar-refractivity contribution >= 4 is 34.9 Å². The Balaban J connectivity index is 1.39. The quantitative estimate of drug-likeness (QED) is 0.125. The summed E-state index contributed by atoms with van der Waals surface area (Å²) in [4.78, 5) is 9.56. The van der Waals surface area contributed by atoms with E-state index in [1.54, 1.807) is 12.3 Å². The predicted octanol–water partition coefficient (Wildman–Crippen LogP) is 9.16. The highest BCUT2D eigenvalue weighted by atomic mass is 16.5. The molecular formula is C39H29N3O2. The summed E-state index contributed by atoms with van der Waals surface area (Å²) in [5.41, 5.74) is 6.22. The number of rotatable bonds is 6. The summed E-state index contributed by atoms with van der Waals surface area (Å²) in [5.74, 6) is 2.29. The molecule has 2 atom stereocenters. The Morgan fingerprint density at radius 1 is 0.795 bits per heavy atom. The van der Waals surface area contributed by atoms with Gasteiger partial charge in [0.1, 0.15) is 23.2 Å². The summed E-state index contributed by atoms with van der Waals surface area (Å²) in [5, 5.41) is 9.61. The van der Waals surface area contributed by atoms with E-state index in [4.69, 9.17) is 19.6 Å². The molecule has 0 amide bonds. The Kier molecular flexibility index (Phi) is 7.27. The van der Waals surface area contributed by atoms with Crippen LogP contribution in [0.2, 0.25) is 0 Å². The number of ether oxygens (including phenoxy) is 1. The largest absolute Gasteiger partial charge is 0.484 e. The molecule has 5 nitrogen and oxygen atoms in total. The van der Waals surface area contributed by atoms with Gasteiger partial charge in [-0.2, -0.15) is 0 Å². The summed E-state index contributed by atoms with van der Waals surface area (Å²) in [6.45, 7) is 3.84. The van der Waals surface area contributed by atoms with Crippen molar-refractivity contribution in [3.63, 3.8) is 0 Å². The summed E-state index contributed by atoms with van der Waals surface area (Å²) >= 11 is 0. The first-order valence-electron chi connectivity index (χ1n) is 14.5. The monoisotopic (exact) mass is 571 g/mol. The van der Waals surface area contributed by atoms with Crippen LogP contribution in [0, 0.1) is 5.41 Å². The van der Waals surface area contributed by atoms with Gasteiger partial charge in [0.05, 0.1) is 0 Å². The maximum absolute atomic E-state index is 8.69. The van der Waals surface area contributed by atoms with Gasteiger partial charge in [-0.25, -0.2) is 9.98 Å². The lowest BCUT2D eigenvalue weighted by Gasteiger charge is -2.14. The molecule has 5 aromatic rings. The van der Waals surface area contributed by atoms with E-state index in [-0.39, 0.29) is 17.9 Å². The van der Waals surface area contributed by atoms with Gasteiger partial charge in [-0.15, -0.1) is 0 Å². The van der Waals surface area contributed by atoms with Crippen molar-refractivity contribution < 1.29 is 9.15 Å². The fourth-order valence-corrected chi connectivity index (χ4v) is 5.75. The number of amidine groups is 2. The standard InChI is InChI=1S/C39H29N3O2/c1-2-3-22-34-32(25-41-39(27-16-8-5-9-17-27)42-38(40)26-14-6-4-7-15-26)36-29(19-13-24-35(36)43-34)31-21-12-20-30-28-18-10-11-23-33(28)44-37(30)31/h2-25,28,33,40H,1H2/b22-3-,40-38?,41-25?,42-39?. The third-order valence-electron chi connectivity index (χ3n) is 7.81. The first-order chi connectivity index (χ1) is 21.7. The lowest BCUT2D eigenvalue weighted by atomic mass is 9.89. The van der Waals surface area contributed by atoms with Crippen molar-refractivity contribution in [3.05, 3.63) is 168 Å². The number of hydrogen-bond acceptors (Lipinski definition) is 3. The molecule has 44 heavy (non-hydrogen) atoms. The van der Waals surface area contributed by atoms with Crippen LogP contribution in [0.5, 0.6) is 5.75 Å². The number of fused-ring (bicyclic) bond motifs is 4. The fourth-order valence-electron chi connectivity index (χ4n) is 5.75. The normalized spacial score (nSPS) is 17.2. The number of allylic oxidation sites excluding steroid dienone is 4. The zero-order valence-electron chi connectivity index (χ0n) is 23.9. The van der Waals surface area contributed by atoms with E-state index in [0.29, 0.717) is 17.2 Å². The van der Waals surface area contributed by atoms with Gasteiger partial charge >= 0.3 is 0 Å². The third-order valence-corrected chi connectivity index (χ3v) is 7.81. The molecule has 0 radical (unpaired) electrons. The lowest BCUT2D eigenvalue weighted by Crippen LogP contribution is -2.15. The van der Waals surface area contributed by atoms with Gasteiger partial charge in [-0.3, -0.25) is 5.41 Å². The van der Waals surface area contributed by atoms with Gasteiger partial charge < -0.3 is 9.15 Å². The topological polar surface area (TPSA) is 70.9 Å². The third kappa shape index (κ3) is 5.05. The van der Waals surface area contributed by atoms with Gasteiger partial charge in [-0.1, -0.05) is 128 Å². The maximum Gasteiger partial charge on any atom is 0.161 e. The Hall–Kier alpha value is -5.81. The van der Waals surface area contributed by atoms with E-state index in [9.17, 15) is 0 Å². The van der Waals surface area contributed by atoms with Gasteiger partial charge in [0, 0.05) is 45.3 Å². The van der Waals surface area contributed by atoms with Crippen LogP contribution in [0.1, 0.15) is 33.9 Å². The van der Waals surface area contributed by atoms with Crippen molar-refractivity contribution in [3.8, 4) is 16.9 Å². The maximum atomic E-state index is 8.69. The van der Waals surface area contributed by atoms with Crippen LogP contribution in [0.4, 0.5) is 0 Å². The molecule has 2 heterocycles. The SMILES string of the molecule is C=C/C=C\c1oc2cccc(-c3cccc4c3OC3C=CC=CC43)c2c1C=NC(=NC(=N)c1ccccc1)c1ccccc1. The van der Waals surface area contributed by atoms with Gasteiger partial charge in [0.25, 0.3) is 0 Å². The number of benzene rings is 4. The van der Waals surface area contributed by atoms with Crippen LogP contribution in [0.25, 0.3) is 28.2 Å². The highest BCUT2D eigenvalue weighted by Crippen LogP contribution is 2.48. The number of nitrogens with one attached hydrogen (secondary N) is 1. The minimum Gasteiger partial charge on any atom is -0.484 e. The van der Waals surface area contributed by atoms with Crippen LogP contribution in [-0.2, 0) is 0 Å². The van der Waals surface area contributed by atoms with E-state index >= 15 is 0 Å². The van der Waals surface area contributed by atoms with Gasteiger partial charge in [0.2, 0.25) is 0 Å². The van der Waals surface area contributed by atoms with Gasteiger partial charge in [0.15, 0.2) is 11.7 Å². The zero-order valence-corrected chi connectivity index (χ0v) is 23.9. The number of hydrogen-bond donors (Lipinski definition) is 1. The van der Waals surface area contributed by atoms with E-state index in [1.165, 1.54) is 5.56 Å². The van der Waals surface area contributed by atoms with Crippen molar-refractivity contribution in [1.29, 1.82) is 5.41 Å². The smallest absolute Gasteiger partial charge is 0.161 e. The van der Waals surface area contributed by atoms with Crippen LogP contribution in [-0.4, -0.2) is 24.0 Å². The molecular weight excluding hydrogens is 542 g/mol. The Morgan fingerprint density at radius 3 is 2.32 bits per heavy atom. The molecule has 1 aliphatic heterocycles. The number of aliphatic imine (C=N–C) groups is 2. The molecule has 0 bridgehead atoms. The van der Waals surface area contributed by atoms with Crippen LogP contribution in [0.3, 0.4) is 0 Å². The molecule has 1 N–H and O–H groups in total. The average Bonchev–Trinajstić information content (AvgIpc) is 3.64. The minimum absolute atomic E-state index is 0.0172. The Labute approximate surface area is 256 Å². The minimum atomic E-state index is -0.0172. The highest BCUT2D eigenvalue weighted by Gasteiger charge is 2.34. The van der Waals surface area contributed by atoms with E-state index < -0.39 is 0 Å². The second-order valence-corrected chi connectivity index (χ2v) is 10.5. The van der Waals surface area contributed by atoms with Crippen molar-refractivity contribution in [1.82, 2.24) is 0 Å². The second-order valence-electron chi connectivity index (χ2n) is 10.5. The van der Waals surface area contributed by atoms with Gasteiger partial charge in [-0.05, 0) is 23.8 Å². The number of furan rings is 1. The first kappa shape index (κ1) is 27.0. The molecule has 1 aromatic heterocycles. The van der Waals surface area contributed by atoms with Crippen LogP contribution in [0.15, 0.2) is 154 Å². The Bertz CT molecular complexity index is 2030.